The van der Waals surface area contributed by atoms with Gasteiger partial charge in [0, 0.05) is 13.1 Å². The smallest absolute Gasteiger partial charge is 0.216 e. The van der Waals surface area contributed by atoms with Crippen molar-refractivity contribution >= 4 is 28.4 Å². The predicted octanol–water partition coefficient (Wildman–Crippen LogP) is 1.90. The summed E-state index contributed by atoms with van der Waals surface area (Å²) >= 11 is 2.21. The van der Waals surface area contributed by atoms with Gasteiger partial charge in [-0.25, -0.2) is 19.9 Å². The first kappa shape index (κ1) is 12.9. The predicted molar refractivity (Wildman–Crippen MR) is 76.6 cm³/mol. The Kier molecular flexibility index (Phi) is 3.90. The van der Waals surface area contributed by atoms with E-state index in [1.54, 1.807) is 13.2 Å². The first-order valence-electron chi connectivity index (χ1n) is 5.24. The molecule has 2 heterocycles. The maximum Gasteiger partial charge on any atom is 0.216 e. The fourth-order valence-electron chi connectivity index (χ4n) is 1.41. The standard InChI is InChI=1S/C11H12IN5O/c1-6-9(12)11(13-2)17-10(16-6)7-4-8(18-3)15-5-14-7/h4-5H,1-3H3,(H,13,16,17). The number of nitrogens with one attached hydrogen (secondary N) is 1. The van der Waals surface area contributed by atoms with E-state index in [9.17, 15) is 0 Å². The summed E-state index contributed by atoms with van der Waals surface area (Å²) < 4.78 is 6.06. The quantitative estimate of drug-likeness (QED) is 0.846. The molecule has 7 heteroatoms. The highest BCUT2D eigenvalue weighted by molar-refractivity contribution is 14.1. The molecule has 2 aromatic heterocycles. The van der Waals surface area contributed by atoms with Gasteiger partial charge in [-0.3, -0.25) is 0 Å². The normalized spacial score (nSPS) is 10.2. The van der Waals surface area contributed by atoms with Gasteiger partial charge in [0.2, 0.25) is 5.88 Å². The molecule has 2 rings (SSSR count). The summed E-state index contributed by atoms with van der Waals surface area (Å²) in [5.74, 6) is 1.83. The molecule has 0 atom stereocenters. The Morgan fingerprint density at radius 2 is 2.06 bits per heavy atom. The van der Waals surface area contributed by atoms with Crippen LogP contribution in [0.1, 0.15) is 5.69 Å². The lowest BCUT2D eigenvalue weighted by Crippen LogP contribution is -2.03. The average Bonchev–Trinajstić information content (AvgIpc) is 2.41. The van der Waals surface area contributed by atoms with Gasteiger partial charge in [0.1, 0.15) is 17.8 Å². The number of halogens is 1. The number of aryl methyl sites for hydroxylation is 1. The second kappa shape index (κ2) is 5.42. The van der Waals surface area contributed by atoms with Gasteiger partial charge in [-0.15, -0.1) is 0 Å². The minimum atomic E-state index is 0.491. The van der Waals surface area contributed by atoms with Gasteiger partial charge in [-0.2, -0.15) is 0 Å². The zero-order valence-corrected chi connectivity index (χ0v) is 12.4. The van der Waals surface area contributed by atoms with Crippen molar-refractivity contribution in [2.75, 3.05) is 19.5 Å². The Morgan fingerprint density at radius 3 is 2.72 bits per heavy atom. The molecule has 1 N–H and O–H groups in total. The van der Waals surface area contributed by atoms with E-state index >= 15 is 0 Å². The zero-order valence-electron chi connectivity index (χ0n) is 10.2. The minimum Gasteiger partial charge on any atom is -0.481 e. The van der Waals surface area contributed by atoms with E-state index in [0.717, 1.165) is 15.1 Å². The molecule has 0 spiro atoms. The van der Waals surface area contributed by atoms with Gasteiger partial charge >= 0.3 is 0 Å². The molecule has 0 unspecified atom stereocenters. The van der Waals surface area contributed by atoms with Gasteiger partial charge in [0.05, 0.1) is 16.4 Å². The summed E-state index contributed by atoms with van der Waals surface area (Å²) in [4.78, 5) is 17.0. The van der Waals surface area contributed by atoms with Crippen molar-refractivity contribution in [1.29, 1.82) is 0 Å². The summed E-state index contributed by atoms with van der Waals surface area (Å²) in [5, 5.41) is 3.04. The van der Waals surface area contributed by atoms with Gasteiger partial charge in [-0.05, 0) is 29.5 Å². The highest BCUT2D eigenvalue weighted by Gasteiger charge is 2.11. The van der Waals surface area contributed by atoms with E-state index in [0.29, 0.717) is 17.4 Å². The second-order valence-electron chi connectivity index (χ2n) is 3.49. The number of nitrogens with zero attached hydrogens (tertiary/aromatic N) is 4. The maximum atomic E-state index is 5.06. The van der Waals surface area contributed by atoms with Crippen LogP contribution in [0.25, 0.3) is 11.5 Å². The van der Waals surface area contributed by atoms with Crippen LogP contribution >= 0.6 is 22.6 Å². The van der Waals surface area contributed by atoms with Crippen molar-refractivity contribution in [3.63, 3.8) is 0 Å². The Morgan fingerprint density at radius 1 is 1.28 bits per heavy atom. The van der Waals surface area contributed by atoms with Crippen molar-refractivity contribution < 1.29 is 4.74 Å². The number of methoxy groups -OCH3 is 1. The van der Waals surface area contributed by atoms with Crippen LogP contribution in [-0.4, -0.2) is 34.1 Å². The van der Waals surface area contributed by atoms with E-state index in [1.807, 2.05) is 14.0 Å². The van der Waals surface area contributed by atoms with Crippen LogP contribution in [0.15, 0.2) is 12.4 Å². The molecular formula is C11H12IN5O. The molecule has 0 aromatic carbocycles. The summed E-state index contributed by atoms with van der Waals surface area (Å²) in [5.41, 5.74) is 1.54. The highest BCUT2D eigenvalue weighted by atomic mass is 127. The number of ether oxygens (including phenoxy) is 1. The van der Waals surface area contributed by atoms with E-state index in [4.69, 9.17) is 4.74 Å². The molecule has 94 valence electrons. The van der Waals surface area contributed by atoms with E-state index < -0.39 is 0 Å². The van der Waals surface area contributed by atoms with Gasteiger partial charge in [0.15, 0.2) is 5.82 Å². The van der Waals surface area contributed by atoms with Crippen LogP contribution in [0.3, 0.4) is 0 Å². The summed E-state index contributed by atoms with van der Waals surface area (Å²) in [6, 6.07) is 1.71. The number of aromatic nitrogens is 4. The molecule has 0 bridgehead atoms. The van der Waals surface area contributed by atoms with Crippen molar-refractivity contribution in [2.24, 2.45) is 0 Å². The lowest BCUT2D eigenvalue weighted by Gasteiger charge is -2.08. The van der Waals surface area contributed by atoms with Gasteiger partial charge in [0.25, 0.3) is 0 Å². The van der Waals surface area contributed by atoms with E-state index in [-0.39, 0.29) is 0 Å². The number of anilines is 1. The Balaban J connectivity index is 2.53. The third kappa shape index (κ3) is 2.50. The minimum absolute atomic E-state index is 0.491. The summed E-state index contributed by atoms with van der Waals surface area (Å²) in [7, 11) is 3.39. The fourth-order valence-corrected chi connectivity index (χ4v) is 1.92. The number of hydrogen-bond donors (Lipinski definition) is 1. The third-order valence-electron chi connectivity index (χ3n) is 2.33. The molecule has 0 saturated heterocycles. The molecule has 0 radical (unpaired) electrons. The molecule has 0 aliphatic carbocycles. The van der Waals surface area contributed by atoms with Crippen LogP contribution < -0.4 is 10.1 Å². The molecule has 18 heavy (non-hydrogen) atoms. The van der Waals surface area contributed by atoms with E-state index in [1.165, 1.54) is 6.33 Å². The first-order valence-corrected chi connectivity index (χ1v) is 6.32. The lowest BCUT2D eigenvalue weighted by molar-refractivity contribution is 0.397. The maximum absolute atomic E-state index is 5.06. The molecule has 0 saturated carbocycles. The SMILES string of the molecule is CNc1nc(-c2cc(OC)ncn2)nc(C)c1I. The largest absolute Gasteiger partial charge is 0.481 e. The van der Waals surface area contributed by atoms with Crippen LogP contribution in [0.5, 0.6) is 5.88 Å². The van der Waals surface area contributed by atoms with Crippen molar-refractivity contribution in [1.82, 2.24) is 19.9 Å². The van der Waals surface area contributed by atoms with E-state index in [2.05, 4.69) is 47.8 Å². The monoisotopic (exact) mass is 357 g/mol. The van der Waals surface area contributed by atoms with Crippen LogP contribution in [0.2, 0.25) is 0 Å². The summed E-state index contributed by atoms with van der Waals surface area (Å²) in [6.45, 7) is 1.94. The van der Waals surface area contributed by atoms with Crippen molar-refractivity contribution in [3.8, 4) is 17.4 Å². The molecule has 2 aromatic rings. The van der Waals surface area contributed by atoms with Gasteiger partial charge in [-0.1, -0.05) is 0 Å². The number of hydrogen-bond acceptors (Lipinski definition) is 6. The van der Waals surface area contributed by atoms with Crippen molar-refractivity contribution in [2.45, 2.75) is 6.92 Å². The fraction of sp³-hybridized carbons (Fsp3) is 0.273. The van der Waals surface area contributed by atoms with Crippen LogP contribution in [-0.2, 0) is 0 Å². The van der Waals surface area contributed by atoms with Crippen molar-refractivity contribution in [3.05, 3.63) is 21.7 Å². The Hall–Kier alpha value is -1.51. The molecule has 6 nitrogen and oxygen atoms in total. The van der Waals surface area contributed by atoms with Crippen LogP contribution in [0, 0.1) is 10.5 Å². The second-order valence-corrected chi connectivity index (χ2v) is 4.57. The molecular weight excluding hydrogens is 345 g/mol. The third-order valence-corrected chi connectivity index (χ3v) is 3.63. The van der Waals surface area contributed by atoms with Crippen LogP contribution in [0.4, 0.5) is 5.82 Å². The topological polar surface area (TPSA) is 72.8 Å². The molecule has 0 fully saturated rings. The molecule has 0 aliphatic rings. The molecule has 0 amide bonds. The molecule has 0 aliphatic heterocycles. The van der Waals surface area contributed by atoms with Gasteiger partial charge < -0.3 is 10.1 Å². The number of rotatable bonds is 3. The lowest BCUT2D eigenvalue weighted by atomic mass is 10.3. The average molecular weight is 357 g/mol. The Labute approximate surface area is 118 Å². The Bertz CT molecular complexity index is 575. The summed E-state index contributed by atoms with van der Waals surface area (Å²) in [6.07, 6.45) is 1.43. The first-order chi connectivity index (χ1) is 8.65. The highest BCUT2D eigenvalue weighted by Crippen LogP contribution is 2.23. The zero-order chi connectivity index (χ0) is 13.1.